The molecule has 2 aromatic carbocycles. The number of rotatable bonds is 1. The van der Waals surface area contributed by atoms with E-state index in [0.717, 1.165) is 10.9 Å². The molecule has 0 saturated heterocycles. The second kappa shape index (κ2) is 5.09. The molecule has 0 fully saturated rings. The van der Waals surface area contributed by atoms with E-state index in [4.69, 9.17) is 28.1 Å². The molecule has 0 spiro atoms. The minimum Gasteiger partial charge on any atom is -0.490 e. The van der Waals surface area contributed by atoms with E-state index >= 15 is 0 Å². The van der Waals surface area contributed by atoms with Crippen LogP contribution in [-0.4, -0.2) is 32.4 Å². The molecule has 7 nitrogen and oxygen atoms in total. The van der Waals surface area contributed by atoms with Gasteiger partial charge < -0.3 is 28.1 Å². The van der Waals surface area contributed by atoms with Gasteiger partial charge in [-0.25, -0.2) is 0 Å². The van der Waals surface area contributed by atoms with Crippen LogP contribution in [0.3, 0.4) is 0 Å². The maximum Gasteiger partial charge on any atom is 0.231 e. The Labute approximate surface area is 153 Å². The van der Waals surface area contributed by atoms with Crippen molar-refractivity contribution in [3.63, 3.8) is 0 Å². The van der Waals surface area contributed by atoms with Gasteiger partial charge in [0.05, 0.1) is 24.9 Å². The highest BCUT2D eigenvalue weighted by atomic mass is 16.7. The van der Waals surface area contributed by atoms with Crippen molar-refractivity contribution < 1.29 is 32.9 Å². The highest BCUT2D eigenvalue weighted by Gasteiger charge is 2.45. The van der Waals surface area contributed by atoms with Gasteiger partial charge in [-0.05, 0) is 18.2 Å². The molecule has 2 atom stereocenters. The van der Waals surface area contributed by atoms with Crippen LogP contribution in [-0.2, 0) is 0 Å². The Kier molecular flexibility index (Phi) is 2.79. The number of carbonyl (C=O) groups is 1. The molecule has 0 N–H and O–H groups in total. The summed E-state index contributed by atoms with van der Waals surface area (Å²) < 4.78 is 33.9. The first-order valence-corrected chi connectivity index (χ1v) is 8.60. The number of hydrogen-bond donors (Lipinski definition) is 0. The molecule has 136 valence electrons. The zero-order chi connectivity index (χ0) is 18.1. The van der Waals surface area contributed by atoms with Crippen LogP contribution in [0.15, 0.2) is 34.9 Å². The molecule has 3 aliphatic rings. The molecule has 27 heavy (non-hydrogen) atoms. The van der Waals surface area contributed by atoms with Crippen LogP contribution in [0.5, 0.6) is 28.7 Å². The minimum absolute atomic E-state index is 0.0361. The first kappa shape index (κ1) is 14.8. The van der Waals surface area contributed by atoms with Crippen LogP contribution >= 0.6 is 0 Å². The van der Waals surface area contributed by atoms with Crippen molar-refractivity contribution in [2.75, 3.05) is 20.5 Å². The predicted octanol–water partition coefficient (Wildman–Crippen LogP) is 3.29. The van der Waals surface area contributed by atoms with Gasteiger partial charge in [0.1, 0.15) is 18.5 Å². The molecular weight excluding hydrogens is 352 g/mol. The SMILES string of the molecule is COc1c2c(cc3ccoc13)C(=O)C1c3cc4c(cc3OCC1O2)OCO4. The van der Waals surface area contributed by atoms with E-state index in [9.17, 15) is 4.79 Å². The number of ether oxygens (including phenoxy) is 5. The molecule has 3 aromatic rings. The molecule has 0 aliphatic carbocycles. The van der Waals surface area contributed by atoms with E-state index in [1.807, 2.05) is 6.07 Å². The molecule has 0 amide bonds. The van der Waals surface area contributed by atoms with Gasteiger partial charge in [0.25, 0.3) is 0 Å². The molecule has 6 rings (SSSR count). The number of furan rings is 1. The third-order valence-corrected chi connectivity index (χ3v) is 5.29. The first-order valence-electron chi connectivity index (χ1n) is 8.60. The summed E-state index contributed by atoms with van der Waals surface area (Å²) in [6, 6.07) is 7.18. The lowest BCUT2D eigenvalue weighted by atomic mass is 9.81. The second-order valence-electron chi connectivity index (χ2n) is 6.68. The normalized spacial score (nSPS) is 21.7. The molecule has 0 radical (unpaired) electrons. The number of ketones is 1. The first-order chi connectivity index (χ1) is 13.2. The fourth-order valence-electron chi connectivity index (χ4n) is 4.06. The quantitative estimate of drug-likeness (QED) is 0.654. The van der Waals surface area contributed by atoms with E-state index in [-0.39, 0.29) is 19.2 Å². The van der Waals surface area contributed by atoms with Gasteiger partial charge >= 0.3 is 0 Å². The highest BCUT2D eigenvalue weighted by molar-refractivity contribution is 6.09. The average Bonchev–Trinajstić information content (AvgIpc) is 3.33. The number of hydrogen-bond acceptors (Lipinski definition) is 7. The van der Waals surface area contributed by atoms with Crippen LogP contribution in [0.1, 0.15) is 21.8 Å². The monoisotopic (exact) mass is 366 g/mol. The van der Waals surface area contributed by atoms with Gasteiger partial charge in [-0.2, -0.15) is 0 Å². The van der Waals surface area contributed by atoms with Crippen molar-refractivity contribution in [3.05, 3.63) is 41.7 Å². The number of methoxy groups -OCH3 is 1. The van der Waals surface area contributed by atoms with Crippen LogP contribution in [0.4, 0.5) is 0 Å². The summed E-state index contributed by atoms with van der Waals surface area (Å²) in [5.41, 5.74) is 1.79. The molecule has 0 bridgehead atoms. The minimum atomic E-state index is -0.482. The summed E-state index contributed by atoms with van der Waals surface area (Å²) >= 11 is 0. The van der Waals surface area contributed by atoms with Crippen molar-refractivity contribution in [1.82, 2.24) is 0 Å². The van der Waals surface area contributed by atoms with Crippen LogP contribution < -0.4 is 23.7 Å². The third-order valence-electron chi connectivity index (χ3n) is 5.29. The number of benzene rings is 2. The van der Waals surface area contributed by atoms with Gasteiger partial charge in [0, 0.05) is 17.0 Å². The number of Topliss-reactive ketones (excluding diaryl/α,β-unsaturated/α-hetero) is 1. The topological polar surface area (TPSA) is 76.4 Å². The van der Waals surface area contributed by atoms with E-state index < -0.39 is 12.0 Å². The van der Waals surface area contributed by atoms with Gasteiger partial charge in [-0.1, -0.05) is 0 Å². The van der Waals surface area contributed by atoms with Gasteiger partial charge in [0.2, 0.25) is 12.5 Å². The zero-order valence-electron chi connectivity index (χ0n) is 14.3. The highest BCUT2D eigenvalue weighted by Crippen LogP contribution is 2.50. The Balaban J connectivity index is 1.54. The Morgan fingerprint density at radius 1 is 1.07 bits per heavy atom. The van der Waals surface area contributed by atoms with E-state index in [2.05, 4.69) is 0 Å². The van der Waals surface area contributed by atoms with Gasteiger partial charge in [0.15, 0.2) is 28.6 Å². The lowest BCUT2D eigenvalue weighted by Gasteiger charge is -2.37. The van der Waals surface area contributed by atoms with Crippen molar-refractivity contribution in [3.8, 4) is 28.7 Å². The molecule has 7 heteroatoms. The molecule has 2 unspecified atom stereocenters. The Bertz CT molecular complexity index is 1110. The maximum atomic E-state index is 13.5. The fraction of sp³-hybridized carbons (Fsp3) is 0.250. The molecule has 1 aromatic heterocycles. The van der Waals surface area contributed by atoms with E-state index in [0.29, 0.717) is 39.9 Å². The summed E-state index contributed by atoms with van der Waals surface area (Å²) in [6.45, 7) is 0.414. The second-order valence-corrected chi connectivity index (χ2v) is 6.68. The number of carbonyl (C=O) groups excluding carboxylic acids is 1. The standard InChI is InChI=1S/C20H14O7/c1-22-20-18-9(2-3-23-18)4-11-17(21)16-10-5-13-14(26-8-25-13)6-12(10)24-7-15(16)27-19(11)20/h2-6,15-16H,7-8H2,1H3. The Morgan fingerprint density at radius 3 is 2.78 bits per heavy atom. The summed E-state index contributed by atoms with van der Waals surface area (Å²) in [6.07, 6.45) is 1.11. The van der Waals surface area contributed by atoms with Crippen molar-refractivity contribution in [2.45, 2.75) is 12.0 Å². The maximum absolute atomic E-state index is 13.5. The van der Waals surface area contributed by atoms with Crippen molar-refractivity contribution in [2.24, 2.45) is 0 Å². The van der Waals surface area contributed by atoms with Gasteiger partial charge in [-0.15, -0.1) is 0 Å². The van der Waals surface area contributed by atoms with Gasteiger partial charge in [-0.3, -0.25) is 4.79 Å². The van der Waals surface area contributed by atoms with Crippen molar-refractivity contribution in [1.29, 1.82) is 0 Å². The molecule has 3 aliphatic heterocycles. The summed E-state index contributed by atoms with van der Waals surface area (Å²) in [5, 5.41) is 0.791. The zero-order valence-corrected chi connectivity index (χ0v) is 14.3. The van der Waals surface area contributed by atoms with E-state index in [1.54, 1.807) is 24.5 Å². The molecular formula is C20H14O7. The van der Waals surface area contributed by atoms with Crippen LogP contribution in [0.2, 0.25) is 0 Å². The molecule has 0 saturated carbocycles. The summed E-state index contributed by atoms with van der Waals surface area (Å²) in [7, 11) is 1.53. The van der Waals surface area contributed by atoms with Crippen LogP contribution in [0, 0.1) is 0 Å². The largest absolute Gasteiger partial charge is 0.490 e. The van der Waals surface area contributed by atoms with Crippen molar-refractivity contribution >= 4 is 16.8 Å². The predicted molar refractivity (Wildman–Crippen MR) is 92.3 cm³/mol. The smallest absolute Gasteiger partial charge is 0.231 e. The van der Waals surface area contributed by atoms with Crippen LogP contribution in [0.25, 0.3) is 11.0 Å². The molecule has 4 heterocycles. The Hall–Kier alpha value is -3.35. The Morgan fingerprint density at radius 2 is 1.93 bits per heavy atom. The van der Waals surface area contributed by atoms with E-state index in [1.165, 1.54) is 7.11 Å². The number of fused-ring (bicyclic) bond motifs is 6. The fourth-order valence-corrected chi connectivity index (χ4v) is 4.06. The summed E-state index contributed by atoms with van der Waals surface area (Å²) in [5.74, 6) is 2.17. The summed E-state index contributed by atoms with van der Waals surface area (Å²) in [4.78, 5) is 13.5. The lowest BCUT2D eigenvalue weighted by molar-refractivity contribution is 0.0546. The third kappa shape index (κ3) is 1.88. The lowest BCUT2D eigenvalue weighted by Crippen LogP contribution is -2.43. The average molecular weight is 366 g/mol.